The molecule has 0 fully saturated rings. The summed E-state index contributed by atoms with van der Waals surface area (Å²) in [6, 6.07) is 6.41. The number of hydrogen-bond acceptors (Lipinski definition) is 5. The number of aromatic nitrogens is 2. The molecule has 8 heteroatoms. The second-order valence-electron chi connectivity index (χ2n) is 4.16. The third-order valence-corrected chi connectivity index (χ3v) is 3.69. The van der Waals surface area contributed by atoms with E-state index in [0.717, 1.165) is 0 Å². The van der Waals surface area contributed by atoms with Crippen LogP contribution in [-0.2, 0) is 4.74 Å². The number of ether oxygens (including phenoxy) is 1. The van der Waals surface area contributed by atoms with Crippen molar-refractivity contribution in [3.63, 3.8) is 0 Å². The van der Waals surface area contributed by atoms with Crippen molar-refractivity contribution >= 4 is 41.1 Å². The molecular formula is C14H14ClN3O3S. The minimum Gasteiger partial charge on any atom is -0.462 e. The molecule has 6 nitrogen and oxygen atoms in total. The maximum absolute atomic E-state index is 12.2. The van der Waals surface area contributed by atoms with Gasteiger partial charge in [-0.1, -0.05) is 11.6 Å². The number of carbonyl (C=O) groups is 2. The van der Waals surface area contributed by atoms with Gasteiger partial charge in [-0.2, -0.15) is 5.10 Å². The van der Waals surface area contributed by atoms with Gasteiger partial charge in [0.1, 0.15) is 16.4 Å². The van der Waals surface area contributed by atoms with Crippen LogP contribution in [0.5, 0.6) is 0 Å². The van der Waals surface area contributed by atoms with Crippen LogP contribution >= 0.6 is 23.4 Å². The highest BCUT2D eigenvalue weighted by Gasteiger charge is 2.23. The Balaban J connectivity index is 2.25. The molecule has 2 aromatic rings. The SMILES string of the molecule is CCOC(=O)c1c(SC)n[nH]c1NC(=O)c1ccc(Cl)cc1. The number of aromatic amines is 1. The molecule has 0 spiro atoms. The molecule has 2 rings (SSSR count). The minimum absolute atomic E-state index is 0.211. The van der Waals surface area contributed by atoms with Crippen molar-refractivity contribution in [2.24, 2.45) is 0 Å². The number of halogens is 1. The average molecular weight is 340 g/mol. The first-order chi connectivity index (χ1) is 10.6. The fourth-order valence-electron chi connectivity index (χ4n) is 1.74. The van der Waals surface area contributed by atoms with Gasteiger partial charge < -0.3 is 10.1 Å². The zero-order valence-corrected chi connectivity index (χ0v) is 13.5. The van der Waals surface area contributed by atoms with Crippen LogP contribution in [0, 0.1) is 0 Å². The largest absolute Gasteiger partial charge is 0.462 e. The van der Waals surface area contributed by atoms with Gasteiger partial charge in [-0.05, 0) is 37.4 Å². The second-order valence-corrected chi connectivity index (χ2v) is 5.40. The van der Waals surface area contributed by atoms with Gasteiger partial charge in [0.2, 0.25) is 0 Å². The lowest BCUT2D eigenvalue weighted by Crippen LogP contribution is -2.15. The zero-order chi connectivity index (χ0) is 16.1. The molecular weight excluding hydrogens is 326 g/mol. The predicted molar refractivity (Wildman–Crippen MR) is 85.7 cm³/mol. The Morgan fingerprint density at radius 3 is 2.64 bits per heavy atom. The number of carbonyl (C=O) groups excluding carboxylic acids is 2. The topological polar surface area (TPSA) is 84.1 Å². The van der Waals surface area contributed by atoms with E-state index in [1.165, 1.54) is 11.8 Å². The van der Waals surface area contributed by atoms with Crippen molar-refractivity contribution < 1.29 is 14.3 Å². The Hall–Kier alpha value is -1.99. The van der Waals surface area contributed by atoms with Crippen LogP contribution in [0.2, 0.25) is 5.02 Å². The van der Waals surface area contributed by atoms with E-state index < -0.39 is 5.97 Å². The van der Waals surface area contributed by atoms with Crippen LogP contribution < -0.4 is 5.32 Å². The third kappa shape index (κ3) is 3.61. The van der Waals surface area contributed by atoms with Crippen LogP contribution in [-0.4, -0.2) is 34.9 Å². The molecule has 0 radical (unpaired) electrons. The first-order valence-corrected chi connectivity index (χ1v) is 8.03. The average Bonchev–Trinajstić information content (AvgIpc) is 2.90. The zero-order valence-electron chi connectivity index (χ0n) is 12.0. The van der Waals surface area contributed by atoms with E-state index in [9.17, 15) is 9.59 Å². The minimum atomic E-state index is -0.535. The lowest BCUT2D eigenvalue weighted by Gasteiger charge is -2.06. The molecule has 0 unspecified atom stereocenters. The standard InChI is InChI=1S/C14H14ClN3O3S/c1-3-21-14(20)10-11(17-18-13(10)22-2)16-12(19)8-4-6-9(15)7-5-8/h4-7H,3H2,1-2H3,(H2,16,17,18,19). The van der Waals surface area contributed by atoms with Crippen LogP contribution in [0.3, 0.4) is 0 Å². The summed E-state index contributed by atoms with van der Waals surface area (Å²) in [5.74, 6) is -0.701. The normalized spacial score (nSPS) is 10.3. The number of H-pyrrole nitrogens is 1. The summed E-state index contributed by atoms with van der Waals surface area (Å²) < 4.78 is 4.99. The fraction of sp³-hybridized carbons (Fsp3) is 0.214. The van der Waals surface area contributed by atoms with Crippen LogP contribution in [0.4, 0.5) is 5.82 Å². The van der Waals surface area contributed by atoms with E-state index in [-0.39, 0.29) is 23.9 Å². The van der Waals surface area contributed by atoms with Gasteiger partial charge in [-0.25, -0.2) is 4.79 Å². The fourth-order valence-corrected chi connectivity index (χ4v) is 2.40. The van der Waals surface area contributed by atoms with Crippen molar-refractivity contribution in [2.45, 2.75) is 11.9 Å². The number of nitrogens with zero attached hydrogens (tertiary/aromatic N) is 1. The quantitative estimate of drug-likeness (QED) is 0.645. The number of esters is 1. The first-order valence-electron chi connectivity index (χ1n) is 6.43. The Morgan fingerprint density at radius 1 is 1.36 bits per heavy atom. The van der Waals surface area contributed by atoms with Crippen LogP contribution in [0.25, 0.3) is 0 Å². The van der Waals surface area contributed by atoms with Gasteiger partial charge in [0.25, 0.3) is 5.91 Å². The van der Waals surface area contributed by atoms with E-state index in [1.807, 2.05) is 0 Å². The van der Waals surface area contributed by atoms with E-state index in [1.54, 1.807) is 37.4 Å². The van der Waals surface area contributed by atoms with Gasteiger partial charge >= 0.3 is 5.97 Å². The van der Waals surface area contributed by atoms with Crippen molar-refractivity contribution in [1.82, 2.24) is 10.2 Å². The molecule has 2 N–H and O–H groups in total. The number of nitrogens with one attached hydrogen (secondary N) is 2. The summed E-state index contributed by atoms with van der Waals surface area (Å²) in [5, 5.41) is 10.3. The number of thioether (sulfide) groups is 1. The lowest BCUT2D eigenvalue weighted by molar-refractivity contribution is 0.0523. The van der Waals surface area contributed by atoms with E-state index in [0.29, 0.717) is 15.6 Å². The number of amides is 1. The molecule has 1 aromatic carbocycles. The molecule has 0 aliphatic carbocycles. The molecule has 116 valence electrons. The number of hydrogen-bond donors (Lipinski definition) is 2. The van der Waals surface area contributed by atoms with Crippen LogP contribution in [0.1, 0.15) is 27.6 Å². The lowest BCUT2D eigenvalue weighted by atomic mass is 10.2. The summed E-state index contributed by atoms with van der Waals surface area (Å²) in [6.45, 7) is 1.95. The van der Waals surface area contributed by atoms with Crippen LogP contribution in [0.15, 0.2) is 29.3 Å². The Kier molecular flexibility index (Phi) is 5.46. The van der Waals surface area contributed by atoms with Crippen molar-refractivity contribution in [1.29, 1.82) is 0 Å². The smallest absolute Gasteiger partial charge is 0.344 e. The Labute approximate surface area is 136 Å². The maximum atomic E-state index is 12.2. The van der Waals surface area contributed by atoms with E-state index in [2.05, 4.69) is 15.5 Å². The van der Waals surface area contributed by atoms with E-state index in [4.69, 9.17) is 16.3 Å². The molecule has 0 bridgehead atoms. The van der Waals surface area contributed by atoms with Crippen molar-refractivity contribution in [3.05, 3.63) is 40.4 Å². The summed E-state index contributed by atoms with van der Waals surface area (Å²) in [7, 11) is 0. The van der Waals surface area contributed by atoms with Crippen molar-refractivity contribution in [2.75, 3.05) is 18.2 Å². The Bertz CT molecular complexity index is 685. The number of rotatable bonds is 5. The summed E-state index contributed by atoms with van der Waals surface area (Å²) >= 11 is 7.07. The third-order valence-electron chi connectivity index (χ3n) is 2.75. The molecule has 0 atom stereocenters. The number of anilines is 1. The monoisotopic (exact) mass is 339 g/mol. The molecule has 1 aromatic heterocycles. The first kappa shape index (κ1) is 16.4. The van der Waals surface area contributed by atoms with Gasteiger partial charge in [0.05, 0.1) is 6.61 Å². The molecule has 1 amide bonds. The molecule has 0 saturated heterocycles. The molecule has 0 aliphatic rings. The molecule has 0 saturated carbocycles. The summed E-state index contributed by atoms with van der Waals surface area (Å²) in [5.41, 5.74) is 0.635. The molecule has 1 heterocycles. The predicted octanol–water partition coefficient (Wildman–Crippen LogP) is 3.21. The highest BCUT2D eigenvalue weighted by molar-refractivity contribution is 7.98. The van der Waals surface area contributed by atoms with E-state index >= 15 is 0 Å². The van der Waals surface area contributed by atoms with Gasteiger partial charge in [0, 0.05) is 10.6 Å². The maximum Gasteiger partial charge on any atom is 0.344 e. The van der Waals surface area contributed by atoms with Gasteiger partial charge in [0.15, 0.2) is 0 Å². The Morgan fingerprint density at radius 2 is 2.05 bits per heavy atom. The highest BCUT2D eigenvalue weighted by Crippen LogP contribution is 2.25. The van der Waals surface area contributed by atoms with Gasteiger partial charge in [-0.15, -0.1) is 11.8 Å². The molecule has 22 heavy (non-hydrogen) atoms. The second kappa shape index (κ2) is 7.33. The number of benzene rings is 1. The molecule has 0 aliphatic heterocycles. The van der Waals surface area contributed by atoms with Gasteiger partial charge in [-0.3, -0.25) is 9.89 Å². The van der Waals surface area contributed by atoms with Crippen molar-refractivity contribution in [3.8, 4) is 0 Å². The summed E-state index contributed by atoms with van der Waals surface area (Å²) in [6.07, 6.45) is 1.78. The highest BCUT2D eigenvalue weighted by atomic mass is 35.5. The summed E-state index contributed by atoms with van der Waals surface area (Å²) in [4.78, 5) is 24.2.